The zero-order valence-corrected chi connectivity index (χ0v) is 9.32. The summed E-state index contributed by atoms with van der Waals surface area (Å²) in [5.74, 6) is 1.60. The van der Waals surface area contributed by atoms with Gasteiger partial charge in [-0.2, -0.15) is 0 Å². The third kappa shape index (κ3) is 0.869. The van der Waals surface area contributed by atoms with Gasteiger partial charge in [-0.05, 0) is 24.2 Å². The maximum absolute atomic E-state index is 12.1. The van der Waals surface area contributed by atoms with Gasteiger partial charge < -0.3 is 0 Å². The average Bonchev–Trinajstić information content (AvgIpc) is 2.36. The minimum Gasteiger partial charge on any atom is -0.299 e. The monoisotopic (exact) mass is 200 g/mol. The summed E-state index contributed by atoms with van der Waals surface area (Å²) in [6, 6.07) is 0. The number of carbonyl (C=O) groups is 1. The first-order chi connectivity index (χ1) is 5.95. The van der Waals surface area contributed by atoms with Crippen LogP contribution in [0, 0.1) is 22.7 Å². The number of hydrogen-bond acceptors (Lipinski definition) is 1. The van der Waals surface area contributed by atoms with Crippen molar-refractivity contribution in [2.75, 3.05) is 5.88 Å². The Balaban J connectivity index is 2.44. The Morgan fingerprint density at radius 1 is 1.46 bits per heavy atom. The fraction of sp³-hybridized carbons (Fsp3) is 0.909. The topological polar surface area (TPSA) is 17.1 Å². The van der Waals surface area contributed by atoms with Crippen molar-refractivity contribution in [2.24, 2.45) is 22.7 Å². The first kappa shape index (κ1) is 9.51. The van der Waals surface area contributed by atoms with Gasteiger partial charge in [0.25, 0.3) is 0 Å². The molecule has 0 aromatic heterocycles. The van der Waals surface area contributed by atoms with Crippen LogP contribution in [-0.4, -0.2) is 11.7 Å². The zero-order chi connectivity index (χ0) is 9.85. The van der Waals surface area contributed by atoms with Crippen molar-refractivity contribution >= 4 is 17.4 Å². The summed E-state index contributed by atoms with van der Waals surface area (Å²) >= 11 is 5.87. The van der Waals surface area contributed by atoms with Crippen LogP contribution in [0.15, 0.2) is 0 Å². The van der Waals surface area contributed by atoms with Crippen LogP contribution in [0.4, 0.5) is 0 Å². The second kappa shape index (κ2) is 2.50. The number of halogens is 1. The van der Waals surface area contributed by atoms with Crippen molar-refractivity contribution in [1.29, 1.82) is 0 Å². The SMILES string of the molecule is CC12CCC(C(CCl)C1=O)C2(C)C. The molecule has 2 aliphatic rings. The molecule has 3 unspecified atom stereocenters. The third-order valence-corrected chi connectivity index (χ3v) is 5.17. The van der Waals surface area contributed by atoms with Crippen molar-refractivity contribution in [3.8, 4) is 0 Å². The van der Waals surface area contributed by atoms with Gasteiger partial charge in [-0.3, -0.25) is 4.79 Å². The molecule has 0 amide bonds. The van der Waals surface area contributed by atoms with Crippen LogP contribution < -0.4 is 0 Å². The predicted octanol–water partition coefficient (Wildman–Crippen LogP) is 2.87. The van der Waals surface area contributed by atoms with Gasteiger partial charge in [0.15, 0.2) is 0 Å². The van der Waals surface area contributed by atoms with E-state index in [1.807, 2.05) is 0 Å². The van der Waals surface area contributed by atoms with Gasteiger partial charge in [0, 0.05) is 17.2 Å². The number of Topliss-reactive ketones (excluding diaryl/α,β-unsaturated/α-hetero) is 1. The summed E-state index contributed by atoms with van der Waals surface area (Å²) in [6.07, 6.45) is 2.25. The summed E-state index contributed by atoms with van der Waals surface area (Å²) in [5, 5.41) is 0. The third-order valence-electron chi connectivity index (χ3n) is 4.84. The average molecular weight is 201 g/mol. The predicted molar refractivity (Wildman–Crippen MR) is 53.8 cm³/mol. The van der Waals surface area contributed by atoms with E-state index < -0.39 is 0 Å². The molecule has 0 aromatic carbocycles. The molecule has 1 nitrogen and oxygen atoms in total. The summed E-state index contributed by atoms with van der Waals surface area (Å²) in [5.41, 5.74) is 0.0842. The van der Waals surface area contributed by atoms with Crippen molar-refractivity contribution in [3.05, 3.63) is 0 Å². The Bertz CT molecular complexity index is 259. The first-order valence-corrected chi connectivity index (χ1v) is 5.59. The van der Waals surface area contributed by atoms with E-state index in [1.165, 1.54) is 6.42 Å². The van der Waals surface area contributed by atoms with Crippen molar-refractivity contribution < 1.29 is 4.79 Å². The van der Waals surface area contributed by atoms with Crippen LogP contribution in [0.2, 0.25) is 0 Å². The van der Waals surface area contributed by atoms with E-state index in [2.05, 4.69) is 20.8 Å². The molecule has 2 rings (SSSR count). The standard InChI is InChI=1S/C11H17ClO/c1-10(2)8-4-5-11(10,3)9(13)7(8)6-12/h7-8H,4-6H2,1-3H3. The molecule has 2 saturated carbocycles. The van der Waals surface area contributed by atoms with Crippen LogP contribution in [0.3, 0.4) is 0 Å². The van der Waals surface area contributed by atoms with Gasteiger partial charge in [0.1, 0.15) is 5.78 Å². The highest BCUT2D eigenvalue weighted by atomic mass is 35.5. The lowest BCUT2D eigenvalue weighted by atomic mass is 9.70. The largest absolute Gasteiger partial charge is 0.299 e. The highest BCUT2D eigenvalue weighted by molar-refractivity contribution is 6.20. The maximum atomic E-state index is 12.1. The molecule has 74 valence electrons. The smallest absolute Gasteiger partial charge is 0.143 e. The zero-order valence-electron chi connectivity index (χ0n) is 8.56. The molecule has 2 fully saturated rings. The fourth-order valence-corrected chi connectivity index (χ4v) is 3.81. The minimum atomic E-state index is -0.0861. The molecule has 0 heterocycles. The quantitative estimate of drug-likeness (QED) is 0.595. The second-order valence-electron chi connectivity index (χ2n) is 5.32. The summed E-state index contributed by atoms with van der Waals surface area (Å²) in [6.45, 7) is 6.59. The van der Waals surface area contributed by atoms with Crippen molar-refractivity contribution in [1.82, 2.24) is 0 Å². The molecule has 2 heteroatoms. The van der Waals surface area contributed by atoms with E-state index in [-0.39, 0.29) is 16.7 Å². The lowest BCUT2D eigenvalue weighted by Crippen LogP contribution is -2.33. The maximum Gasteiger partial charge on any atom is 0.143 e. The molecule has 0 radical (unpaired) electrons. The highest BCUT2D eigenvalue weighted by Gasteiger charge is 2.65. The fourth-order valence-electron chi connectivity index (χ4n) is 3.45. The van der Waals surface area contributed by atoms with E-state index >= 15 is 0 Å². The minimum absolute atomic E-state index is 0.0861. The lowest BCUT2D eigenvalue weighted by Gasteiger charge is -2.32. The van der Waals surface area contributed by atoms with Crippen molar-refractivity contribution in [2.45, 2.75) is 33.6 Å². The summed E-state index contributed by atoms with van der Waals surface area (Å²) in [7, 11) is 0. The number of rotatable bonds is 1. The Morgan fingerprint density at radius 2 is 2.08 bits per heavy atom. The van der Waals surface area contributed by atoms with Crippen LogP contribution in [0.1, 0.15) is 33.6 Å². The number of alkyl halides is 1. The molecule has 0 aliphatic heterocycles. The Morgan fingerprint density at radius 3 is 2.38 bits per heavy atom. The summed E-state index contributed by atoms with van der Waals surface area (Å²) < 4.78 is 0. The van der Waals surface area contributed by atoms with Gasteiger partial charge in [-0.1, -0.05) is 20.8 Å². The molecular weight excluding hydrogens is 184 g/mol. The molecule has 13 heavy (non-hydrogen) atoms. The van der Waals surface area contributed by atoms with Crippen LogP contribution in [-0.2, 0) is 4.79 Å². The summed E-state index contributed by atoms with van der Waals surface area (Å²) in [4.78, 5) is 12.1. The Kier molecular flexibility index (Phi) is 1.83. The van der Waals surface area contributed by atoms with Gasteiger partial charge in [0.05, 0.1) is 0 Å². The van der Waals surface area contributed by atoms with Gasteiger partial charge in [-0.25, -0.2) is 0 Å². The van der Waals surface area contributed by atoms with Crippen LogP contribution >= 0.6 is 11.6 Å². The molecule has 2 aliphatic carbocycles. The Labute approximate surface area is 84.8 Å². The molecule has 0 N–H and O–H groups in total. The van der Waals surface area contributed by atoms with E-state index in [4.69, 9.17) is 11.6 Å². The second-order valence-corrected chi connectivity index (χ2v) is 5.63. The molecular formula is C11H17ClO. The van der Waals surface area contributed by atoms with Crippen LogP contribution in [0.25, 0.3) is 0 Å². The van der Waals surface area contributed by atoms with Crippen LogP contribution in [0.5, 0.6) is 0 Å². The molecule has 3 atom stereocenters. The van der Waals surface area contributed by atoms with Crippen molar-refractivity contribution in [3.63, 3.8) is 0 Å². The number of hydrogen-bond donors (Lipinski definition) is 0. The normalized spacial score (nSPS) is 47.2. The van der Waals surface area contributed by atoms with E-state index in [9.17, 15) is 4.79 Å². The first-order valence-electron chi connectivity index (χ1n) is 5.05. The molecule has 0 saturated heterocycles. The van der Waals surface area contributed by atoms with E-state index in [0.29, 0.717) is 17.6 Å². The number of ketones is 1. The van der Waals surface area contributed by atoms with E-state index in [1.54, 1.807) is 0 Å². The van der Waals surface area contributed by atoms with Gasteiger partial charge in [-0.15, -0.1) is 11.6 Å². The highest BCUT2D eigenvalue weighted by Crippen LogP contribution is 2.65. The lowest BCUT2D eigenvalue weighted by molar-refractivity contribution is -0.131. The molecule has 0 spiro atoms. The Hall–Kier alpha value is -0.0400. The van der Waals surface area contributed by atoms with Gasteiger partial charge in [0.2, 0.25) is 0 Å². The number of carbonyl (C=O) groups excluding carboxylic acids is 1. The van der Waals surface area contributed by atoms with E-state index in [0.717, 1.165) is 6.42 Å². The van der Waals surface area contributed by atoms with Gasteiger partial charge >= 0.3 is 0 Å². The number of fused-ring (bicyclic) bond motifs is 2. The molecule has 2 bridgehead atoms. The molecule has 0 aromatic rings.